The molecule has 3 heteroatoms. The molecule has 108 valence electrons. The second kappa shape index (κ2) is 8.72. The maximum Gasteiger partial charge on any atom is 0.0550 e. The van der Waals surface area contributed by atoms with Crippen molar-refractivity contribution in [3.05, 3.63) is 34.3 Å². The first kappa shape index (κ1) is 16.7. The first-order chi connectivity index (χ1) is 9.18. The lowest BCUT2D eigenvalue weighted by Crippen LogP contribution is -2.34. The van der Waals surface area contributed by atoms with Gasteiger partial charge in [-0.15, -0.1) is 0 Å². The van der Waals surface area contributed by atoms with Crippen molar-refractivity contribution in [2.45, 2.75) is 50.9 Å². The smallest absolute Gasteiger partial charge is 0.0550 e. The van der Waals surface area contributed by atoms with E-state index in [9.17, 15) is 10.2 Å². The highest BCUT2D eigenvalue weighted by Gasteiger charge is 2.30. The molecule has 2 N–H and O–H groups in total. The number of rotatable bonds is 9. The zero-order chi connectivity index (χ0) is 14.1. The maximum absolute atomic E-state index is 9.75. The van der Waals surface area contributed by atoms with Crippen molar-refractivity contribution in [2.75, 3.05) is 13.2 Å². The molecule has 1 rings (SSSR count). The topological polar surface area (TPSA) is 40.5 Å². The molecule has 0 fully saturated rings. The lowest BCUT2D eigenvalue weighted by molar-refractivity contribution is 0.107. The van der Waals surface area contributed by atoms with Gasteiger partial charge in [-0.05, 0) is 24.1 Å². The van der Waals surface area contributed by atoms with Crippen molar-refractivity contribution < 1.29 is 10.2 Å². The zero-order valence-corrected chi connectivity index (χ0v) is 13.3. The van der Waals surface area contributed by atoms with Crippen LogP contribution in [0.1, 0.15) is 51.0 Å². The van der Waals surface area contributed by atoms with Gasteiger partial charge < -0.3 is 10.2 Å². The number of aliphatic hydroxyl groups excluding tert-OH is 2. The summed E-state index contributed by atoms with van der Waals surface area (Å²) in [5.74, 6) is 0. The first-order valence-electron chi connectivity index (χ1n) is 7.16. The SMILES string of the molecule is CCCCCCCC(CO)(CO)c1cccc(Br)c1. The molecule has 0 saturated heterocycles. The van der Waals surface area contributed by atoms with E-state index in [-0.39, 0.29) is 13.2 Å². The standard InChI is InChI=1S/C16H25BrO2/c1-2-3-4-5-6-10-16(12-18,13-19)14-8-7-9-15(17)11-14/h7-9,11,18-19H,2-6,10,12-13H2,1H3. The molecule has 1 aromatic carbocycles. The fourth-order valence-corrected chi connectivity index (χ4v) is 2.82. The Hall–Kier alpha value is -0.380. The van der Waals surface area contributed by atoms with Crippen LogP contribution in [0.2, 0.25) is 0 Å². The van der Waals surface area contributed by atoms with E-state index in [2.05, 4.69) is 22.9 Å². The van der Waals surface area contributed by atoms with E-state index in [1.807, 2.05) is 24.3 Å². The van der Waals surface area contributed by atoms with Gasteiger partial charge in [-0.1, -0.05) is 67.1 Å². The van der Waals surface area contributed by atoms with Crippen LogP contribution in [-0.2, 0) is 5.41 Å². The number of hydrogen-bond acceptors (Lipinski definition) is 2. The molecule has 0 saturated carbocycles. The molecule has 0 aliphatic carbocycles. The fourth-order valence-electron chi connectivity index (χ4n) is 2.42. The molecule has 0 radical (unpaired) electrons. The van der Waals surface area contributed by atoms with Crippen molar-refractivity contribution in [1.29, 1.82) is 0 Å². The van der Waals surface area contributed by atoms with Gasteiger partial charge in [-0.25, -0.2) is 0 Å². The highest BCUT2D eigenvalue weighted by molar-refractivity contribution is 9.10. The summed E-state index contributed by atoms with van der Waals surface area (Å²) in [5, 5.41) is 19.5. The van der Waals surface area contributed by atoms with Gasteiger partial charge in [0, 0.05) is 9.89 Å². The van der Waals surface area contributed by atoms with Gasteiger partial charge in [0.2, 0.25) is 0 Å². The number of halogens is 1. The van der Waals surface area contributed by atoms with Gasteiger partial charge in [0.05, 0.1) is 13.2 Å². The van der Waals surface area contributed by atoms with E-state index >= 15 is 0 Å². The number of benzene rings is 1. The summed E-state index contributed by atoms with van der Waals surface area (Å²) in [6.07, 6.45) is 6.79. The van der Waals surface area contributed by atoms with E-state index in [1.54, 1.807) is 0 Å². The minimum absolute atomic E-state index is 0.00622. The molecule has 0 aromatic heterocycles. The Kier molecular flexibility index (Phi) is 7.66. The Morgan fingerprint density at radius 1 is 1.05 bits per heavy atom. The average molecular weight is 329 g/mol. The molecule has 0 heterocycles. The fraction of sp³-hybridized carbons (Fsp3) is 0.625. The lowest BCUT2D eigenvalue weighted by atomic mass is 9.77. The average Bonchev–Trinajstić information content (AvgIpc) is 2.43. The van der Waals surface area contributed by atoms with Crippen molar-refractivity contribution in [1.82, 2.24) is 0 Å². The molecular formula is C16H25BrO2. The second-order valence-electron chi connectivity index (χ2n) is 5.27. The molecule has 0 aliphatic rings. The van der Waals surface area contributed by atoms with Gasteiger partial charge in [-0.2, -0.15) is 0 Å². The van der Waals surface area contributed by atoms with E-state index in [1.165, 1.54) is 25.7 Å². The minimum atomic E-state index is -0.504. The Labute approximate surface area is 125 Å². The van der Waals surface area contributed by atoms with Crippen LogP contribution in [0.5, 0.6) is 0 Å². The third-order valence-corrected chi connectivity index (χ3v) is 4.29. The lowest BCUT2D eigenvalue weighted by Gasteiger charge is -2.30. The Morgan fingerprint density at radius 2 is 1.74 bits per heavy atom. The molecule has 2 nitrogen and oxygen atoms in total. The van der Waals surface area contributed by atoms with Crippen LogP contribution in [0.15, 0.2) is 28.7 Å². The quantitative estimate of drug-likeness (QED) is 0.672. The van der Waals surface area contributed by atoms with Crippen LogP contribution >= 0.6 is 15.9 Å². The molecule has 1 aromatic rings. The summed E-state index contributed by atoms with van der Waals surface area (Å²) < 4.78 is 0.988. The van der Waals surface area contributed by atoms with Crippen molar-refractivity contribution in [2.24, 2.45) is 0 Å². The Balaban J connectivity index is 2.68. The minimum Gasteiger partial charge on any atom is -0.395 e. The van der Waals surface area contributed by atoms with Crippen molar-refractivity contribution in [3.63, 3.8) is 0 Å². The molecule has 0 bridgehead atoms. The number of aliphatic hydroxyl groups is 2. The maximum atomic E-state index is 9.75. The van der Waals surface area contributed by atoms with Gasteiger partial charge in [0.15, 0.2) is 0 Å². The monoisotopic (exact) mass is 328 g/mol. The third kappa shape index (κ3) is 4.90. The largest absolute Gasteiger partial charge is 0.395 e. The number of unbranched alkanes of at least 4 members (excludes halogenated alkanes) is 4. The summed E-state index contributed by atoms with van der Waals surface area (Å²) in [4.78, 5) is 0. The molecular weight excluding hydrogens is 304 g/mol. The highest BCUT2D eigenvalue weighted by Crippen LogP contribution is 2.31. The summed E-state index contributed by atoms with van der Waals surface area (Å²) in [5.41, 5.74) is 0.512. The van der Waals surface area contributed by atoms with Crippen molar-refractivity contribution >= 4 is 15.9 Å². The molecule has 0 amide bonds. The Bertz CT molecular complexity index is 362. The van der Waals surface area contributed by atoms with Crippen LogP contribution in [0, 0.1) is 0 Å². The first-order valence-corrected chi connectivity index (χ1v) is 7.95. The molecule has 0 spiro atoms. The number of hydrogen-bond donors (Lipinski definition) is 2. The molecule has 19 heavy (non-hydrogen) atoms. The second-order valence-corrected chi connectivity index (χ2v) is 6.19. The van der Waals surface area contributed by atoms with E-state index in [0.717, 1.165) is 22.9 Å². The third-order valence-electron chi connectivity index (χ3n) is 3.80. The summed E-state index contributed by atoms with van der Waals surface area (Å²) >= 11 is 3.45. The normalized spacial score (nSPS) is 11.8. The highest BCUT2D eigenvalue weighted by atomic mass is 79.9. The van der Waals surface area contributed by atoms with E-state index < -0.39 is 5.41 Å². The predicted octanol–water partition coefficient (Wildman–Crippen LogP) is 4.03. The van der Waals surface area contributed by atoms with Gasteiger partial charge in [-0.3, -0.25) is 0 Å². The summed E-state index contributed by atoms with van der Waals surface area (Å²) in [6.45, 7) is 2.19. The van der Waals surface area contributed by atoms with Gasteiger partial charge in [0.1, 0.15) is 0 Å². The van der Waals surface area contributed by atoms with Crippen molar-refractivity contribution in [3.8, 4) is 0 Å². The van der Waals surface area contributed by atoms with Crippen LogP contribution < -0.4 is 0 Å². The van der Waals surface area contributed by atoms with Gasteiger partial charge >= 0.3 is 0 Å². The molecule has 0 unspecified atom stereocenters. The van der Waals surface area contributed by atoms with Gasteiger partial charge in [0.25, 0.3) is 0 Å². The van der Waals surface area contributed by atoms with Crippen LogP contribution in [0.3, 0.4) is 0 Å². The van der Waals surface area contributed by atoms with Crippen LogP contribution in [-0.4, -0.2) is 23.4 Å². The van der Waals surface area contributed by atoms with E-state index in [0.29, 0.717) is 0 Å². The van der Waals surface area contributed by atoms with E-state index in [4.69, 9.17) is 0 Å². The zero-order valence-electron chi connectivity index (χ0n) is 11.7. The molecule has 0 atom stereocenters. The Morgan fingerprint density at radius 3 is 2.32 bits per heavy atom. The summed E-state index contributed by atoms with van der Waals surface area (Å²) in [7, 11) is 0. The molecule has 0 aliphatic heterocycles. The van der Waals surface area contributed by atoms with Crippen LogP contribution in [0.4, 0.5) is 0 Å². The summed E-state index contributed by atoms with van der Waals surface area (Å²) in [6, 6.07) is 7.91. The van der Waals surface area contributed by atoms with Crippen LogP contribution in [0.25, 0.3) is 0 Å². The predicted molar refractivity (Wildman–Crippen MR) is 83.4 cm³/mol.